The van der Waals surface area contributed by atoms with Gasteiger partial charge in [-0.3, -0.25) is 4.79 Å². The van der Waals surface area contributed by atoms with Crippen LogP contribution in [0.2, 0.25) is 0 Å². The van der Waals surface area contributed by atoms with Gasteiger partial charge >= 0.3 is 0 Å². The fourth-order valence-electron chi connectivity index (χ4n) is 3.28. The number of hydrogen-bond donors (Lipinski definition) is 0. The number of Topliss-reactive ketones (excluding diaryl/α,β-unsaturated/α-hetero) is 1. The summed E-state index contributed by atoms with van der Waals surface area (Å²) in [6.45, 7) is 6.15. The standard InChI is InChI=1S/C17H24N2O/c1-14-13-19(12-9-17(14)20)16-7-5-15(6-8-16)18-10-3-2-4-11-18/h5-8,14H,2-4,9-13H2,1H3. The molecule has 1 unspecified atom stereocenters. The molecule has 20 heavy (non-hydrogen) atoms. The van der Waals surface area contributed by atoms with E-state index in [4.69, 9.17) is 0 Å². The minimum absolute atomic E-state index is 0.172. The molecular formula is C17H24N2O. The lowest BCUT2D eigenvalue weighted by Crippen LogP contribution is -2.39. The summed E-state index contributed by atoms with van der Waals surface area (Å²) in [4.78, 5) is 16.4. The molecule has 2 aliphatic rings. The van der Waals surface area contributed by atoms with Crippen molar-refractivity contribution in [1.82, 2.24) is 0 Å². The second-order valence-corrected chi connectivity index (χ2v) is 6.13. The zero-order chi connectivity index (χ0) is 13.9. The summed E-state index contributed by atoms with van der Waals surface area (Å²) in [5.74, 6) is 0.580. The number of carbonyl (C=O) groups excluding carboxylic acids is 1. The van der Waals surface area contributed by atoms with Crippen LogP contribution in [0.4, 0.5) is 11.4 Å². The van der Waals surface area contributed by atoms with E-state index < -0.39 is 0 Å². The third-order valence-electron chi connectivity index (χ3n) is 4.61. The molecule has 0 aromatic heterocycles. The highest BCUT2D eigenvalue weighted by Gasteiger charge is 2.23. The van der Waals surface area contributed by atoms with Gasteiger partial charge in [0.1, 0.15) is 5.78 Å². The van der Waals surface area contributed by atoms with Crippen molar-refractivity contribution < 1.29 is 4.79 Å². The van der Waals surface area contributed by atoms with Crippen molar-refractivity contribution >= 4 is 17.2 Å². The van der Waals surface area contributed by atoms with Crippen molar-refractivity contribution in [2.24, 2.45) is 5.92 Å². The van der Waals surface area contributed by atoms with Gasteiger partial charge in [-0.1, -0.05) is 6.92 Å². The number of nitrogens with zero attached hydrogens (tertiary/aromatic N) is 2. The molecule has 3 heteroatoms. The van der Waals surface area contributed by atoms with E-state index in [-0.39, 0.29) is 5.92 Å². The topological polar surface area (TPSA) is 23.6 Å². The Bertz CT molecular complexity index is 462. The Morgan fingerprint density at radius 2 is 1.50 bits per heavy atom. The number of carbonyl (C=O) groups is 1. The zero-order valence-electron chi connectivity index (χ0n) is 12.3. The van der Waals surface area contributed by atoms with E-state index in [1.807, 2.05) is 6.92 Å². The average molecular weight is 272 g/mol. The molecule has 3 nitrogen and oxygen atoms in total. The molecule has 108 valence electrons. The Balaban J connectivity index is 1.68. The molecule has 0 spiro atoms. The molecule has 1 aromatic carbocycles. The first-order valence-corrected chi connectivity index (χ1v) is 7.87. The molecule has 0 N–H and O–H groups in total. The van der Waals surface area contributed by atoms with Crippen molar-refractivity contribution in [2.45, 2.75) is 32.6 Å². The monoisotopic (exact) mass is 272 g/mol. The minimum atomic E-state index is 0.172. The maximum Gasteiger partial charge on any atom is 0.139 e. The van der Waals surface area contributed by atoms with Gasteiger partial charge in [0.05, 0.1) is 0 Å². The second kappa shape index (κ2) is 5.86. The van der Waals surface area contributed by atoms with Gasteiger partial charge in [-0.15, -0.1) is 0 Å². The number of piperidine rings is 2. The first-order valence-electron chi connectivity index (χ1n) is 7.87. The molecule has 2 aliphatic heterocycles. The summed E-state index contributed by atoms with van der Waals surface area (Å²) in [5, 5.41) is 0. The van der Waals surface area contributed by atoms with Gasteiger partial charge in [-0.05, 0) is 43.5 Å². The molecule has 2 heterocycles. The fourth-order valence-corrected chi connectivity index (χ4v) is 3.28. The van der Waals surface area contributed by atoms with Crippen molar-refractivity contribution in [2.75, 3.05) is 36.0 Å². The third-order valence-corrected chi connectivity index (χ3v) is 4.61. The largest absolute Gasteiger partial charge is 0.372 e. The van der Waals surface area contributed by atoms with Crippen LogP contribution in [0.3, 0.4) is 0 Å². The normalized spacial score (nSPS) is 24.1. The number of benzene rings is 1. The summed E-state index contributed by atoms with van der Waals surface area (Å²) in [7, 11) is 0. The quantitative estimate of drug-likeness (QED) is 0.826. The maximum absolute atomic E-state index is 11.6. The molecule has 0 radical (unpaired) electrons. The highest BCUT2D eigenvalue weighted by Crippen LogP contribution is 2.26. The smallest absolute Gasteiger partial charge is 0.139 e. The number of ketones is 1. The van der Waals surface area contributed by atoms with Crippen molar-refractivity contribution in [3.63, 3.8) is 0 Å². The van der Waals surface area contributed by atoms with Crippen molar-refractivity contribution in [1.29, 1.82) is 0 Å². The highest BCUT2D eigenvalue weighted by atomic mass is 16.1. The van der Waals surface area contributed by atoms with E-state index in [9.17, 15) is 4.79 Å². The van der Waals surface area contributed by atoms with Gasteiger partial charge in [-0.25, -0.2) is 0 Å². The van der Waals surface area contributed by atoms with E-state index in [1.165, 1.54) is 43.7 Å². The Kier molecular flexibility index (Phi) is 3.95. The maximum atomic E-state index is 11.6. The predicted molar refractivity (Wildman–Crippen MR) is 83.5 cm³/mol. The predicted octanol–water partition coefficient (Wildman–Crippen LogP) is 3.09. The van der Waals surface area contributed by atoms with Crippen LogP contribution in [0.1, 0.15) is 32.6 Å². The van der Waals surface area contributed by atoms with Crippen LogP contribution in [0.5, 0.6) is 0 Å². The molecule has 1 aromatic rings. The van der Waals surface area contributed by atoms with Gasteiger partial charge in [0.15, 0.2) is 0 Å². The Morgan fingerprint density at radius 1 is 0.900 bits per heavy atom. The summed E-state index contributed by atoms with van der Waals surface area (Å²) in [6.07, 6.45) is 4.68. The Labute approximate surface area is 121 Å². The van der Waals surface area contributed by atoms with E-state index in [1.54, 1.807) is 0 Å². The van der Waals surface area contributed by atoms with Crippen LogP contribution in [-0.2, 0) is 4.79 Å². The molecule has 2 fully saturated rings. The van der Waals surface area contributed by atoms with Crippen LogP contribution < -0.4 is 9.80 Å². The van der Waals surface area contributed by atoms with E-state index >= 15 is 0 Å². The highest BCUT2D eigenvalue weighted by molar-refractivity contribution is 5.83. The lowest BCUT2D eigenvalue weighted by Gasteiger charge is -2.33. The first kappa shape index (κ1) is 13.5. The minimum Gasteiger partial charge on any atom is -0.372 e. The molecule has 1 atom stereocenters. The average Bonchev–Trinajstić information content (AvgIpc) is 2.51. The molecule has 2 saturated heterocycles. The van der Waals surface area contributed by atoms with Gasteiger partial charge in [0.25, 0.3) is 0 Å². The molecule has 3 rings (SSSR count). The summed E-state index contributed by atoms with van der Waals surface area (Å²) in [5.41, 5.74) is 2.60. The van der Waals surface area contributed by atoms with Crippen LogP contribution in [0.25, 0.3) is 0 Å². The number of hydrogen-bond acceptors (Lipinski definition) is 3. The first-order chi connectivity index (χ1) is 9.74. The van der Waals surface area contributed by atoms with Crippen LogP contribution in [-0.4, -0.2) is 32.0 Å². The van der Waals surface area contributed by atoms with Gasteiger partial charge < -0.3 is 9.80 Å². The summed E-state index contributed by atoms with van der Waals surface area (Å²) >= 11 is 0. The van der Waals surface area contributed by atoms with Crippen molar-refractivity contribution in [3.8, 4) is 0 Å². The Morgan fingerprint density at radius 3 is 2.10 bits per heavy atom. The van der Waals surface area contributed by atoms with Crippen molar-refractivity contribution in [3.05, 3.63) is 24.3 Å². The lowest BCUT2D eigenvalue weighted by atomic mass is 9.98. The number of rotatable bonds is 2. The molecule has 0 aliphatic carbocycles. The van der Waals surface area contributed by atoms with Crippen LogP contribution in [0, 0.1) is 5.92 Å². The number of anilines is 2. The Hall–Kier alpha value is -1.51. The van der Waals surface area contributed by atoms with E-state index in [0.717, 1.165) is 13.1 Å². The van der Waals surface area contributed by atoms with Gasteiger partial charge in [-0.2, -0.15) is 0 Å². The van der Waals surface area contributed by atoms with E-state index in [0.29, 0.717) is 12.2 Å². The lowest BCUT2D eigenvalue weighted by molar-refractivity contribution is -0.122. The summed E-state index contributed by atoms with van der Waals surface area (Å²) in [6, 6.07) is 8.91. The molecule has 0 amide bonds. The molecule has 0 saturated carbocycles. The zero-order valence-corrected chi connectivity index (χ0v) is 12.3. The third kappa shape index (κ3) is 2.82. The van der Waals surface area contributed by atoms with Gasteiger partial charge in [0, 0.05) is 49.9 Å². The fraction of sp³-hybridized carbons (Fsp3) is 0.588. The molecular weight excluding hydrogens is 248 g/mol. The SMILES string of the molecule is CC1CN(c2ccc(N3CCCCC3)cc2)CCC1=O. The second-order valence-electron chi connectivity index (χ2n) is 6.13. The van der Waals surface area contributed by atoms with Crippen LogP contribution in [0.15, 0.2) is 24.3 Å². The van der Waals surface area contributed by atoms with Gasteiger partial charge in [0.2, 0.25) is 0 Å². The molecule has 0 bridgehead atoms. The van der Waals surface area contributed by atoms with Crippen LogP contribution >= 0.6 is 0 Å². The van der Waals surface area contributed by atoms with E-state index in [2.05, 4.69) is 34.1 Å². The summed E-state index contributed by atoms with van der Waals surface area (Å²) < 4.78 is 0.